The van der Waals surface area contributed by atoms with Gasteiger partial charge in [-0.25, -0.2) is 0 Å². The number of aromatic nitrogens is 1. The van der Waals surface area contributed by atoms with Crippen LogP contribution >= 0.6 is 0 Å². The molecule has 5 nitrogen and oxygen atoms in total. The van der Waals surface area contributed by atoms with E-state index in [0.717, 1.165) is 17.8 Å². The number of carbonyl (C=O) groups is 2. The Bertz CT molecular complexity index is 701. The Morgan fingerprint density at radius 3 is 2.60 bits per heavy atom. The van der Waals surface area contributed by atoms with Crippen molar-refractivity contribution in [1.82, 2.24) is 10.3 Å². The molecule has 1 aromatic heterocycles. The molecule has 2 aromatic rings. The monoisotopic (exact) mass is 339 g/mol. The number of carbonyl (C=O) groups excluding carboxylic acids is 2. The van der Waals surface area contributed by atoms with Crippen molar-refractivity contribution in [2.24, 2.45) is 0 Å². The minimum absolute atomic E-state index is 0.0216. The first kappa shape index (κ1) is 18.6. The minimum Gasteiger partial charge on any atom is -0.353 e. The zero-order valence-electron chi connectivity index (χ0n) is 14.8. The van der Waals surface area contributed by atoms with Crippen molar-refractivity contribution in [2.45, 2.75) is 45.6 Å². The Kier molecular flexibility index (Phi) is 7.14. The zero-order valence-corrected chi connectivity index (χ0v) is 14.8. The lowest BCUT2D eigenvalue weighted by molar-refractivity contribution is -0.124. The summed E-state index contributed by atoms with van der Waals surface area (Å²) in [4.78, 5) is 28.2. The van der Waals surface area contributed by atoms with Crippen LogP contribution in [0.2, 0.25) is 0 Å². The number of hydrogen-bond donors (Lipinski definition) is 2. The molecular weight excluding hydrogens is 314 g/mol. The van der Waals surface area contributed by atoms with Gasteiger partial charge in [0.1, 0.15) is 0 Å². The second-order valence-electron chi connectivity index (χ2n) is 6.10. The Morgan fingerprint density at radius 2 is 1.88 bits per heavy atom. The van der Waals surface area contributed by atoms with E-state index < -0.39 is 0 Å². The van der Waals surface area contributed by atoms with Crippen LogP contribution in [0.1, 0.15) is 37.9 Å². The summed E-state index contributed by atoms with van der Waals surface area (Å²) in [6.07, 6.45) is 3.66. The average molecular weight is 339 g/mol. The molecule has 2 N–H and O–H groups in total. The molecule has 132 valence electrons. The number of nitrogens with one attached hydrogen (secondary N) is 2. The quantitative estimate of drug-likeness (QED) is 0.776. The lowest BCUT2D eigenvalue weighted by Gasteiger charge is -2.13. The predicted molar refractivity (Wildman–Crippen MR) is 99.2 cm³/mol. The lowest BCUT2D eigenvalue weighted by atomic mass is 10.1. The van der Waals surface area contributed by atoms with Gasteiger partial charge in [0.15, 0.2) is 0 Å². The maximum Gasteiger partial charge on any atom is 0.224 e. The maximum atomic E-state index is 12.0. The minimum atomic E-state index is -0.152. The van der Waals surface area contributed by atoms with Gasteiger partial charge >= 0.3 is 0 Å². The summed E-state index contributed by atoms with van der Waals surface area (Å²) in [6, 6.07) is 13.4. The first-order valence-electron chi connectivity index (χ1n) is 8.65. The van der Waals surface area contributed by atoms with Gasteiger partial charge in [0.25, 0.3) is 0 Å². The molecule has 0 bridgehead atoms. The van der Waals surface area contributed by atoms with Crippen molar-refractivity contribution in [1.29, 1.82) is 0 Å². The Hall–Kier alpha value is -2.69. The molecule has 5 heteroatoms. The fourth-order valence-electron chi connectivity index (χ4n) is 2.55. The van der Waals surface area contributed by atoms with E-state index >= 15 is 0 Å². The second kappa shape index (κ2) is 9.57. The highest BCUT2D eigenvalue weighted by Crippen LogP contribution is 2.11. The van der Waals surface area contributed by atoms with Crippen LogP contribution in [0.3, 0.4) is 0 Å². The molecule has 0 aliphatic heterocycles. The van der Waals surface area contributed by atoms with Gasteiger partial charge in [0.2, 0.25) is 11.8 Å². The Labute approximate surface area is 148 Å². The van der Waals surface area contributed by atoms with Gasteiger partial charge in [0, 0.05) is 42.9 Å². The molecule has 0 unspecified atom stereocenters. The maximum absolute atomic E-state index is 12.0. The number of aryl methyl sites for hydroxylation is 1. The molecule has 1 aromatic carbocycles. The number of anilines is 1. The summed E-state index contributed by atoms with van der Waals surface area (Å²) < 4.78 is 0. The van der Waals surface area contributed by atoms with Gasteiger partial charge < -0.3 is 10.6 Å². The highest BCUT2D eigenvalue weighted by molar-refractivity contribution is 5.93. The van der Waals surface area contributed by atoms with Crippen molar-refractivity contribution in [2.75, 3.05) is 5.32 Å². The van der Waals surface area contributed by atoms with E-state index in [4.69, 9.17) is 0 Å². The van der Waals surface area contributed by atoms with Crippen molar-refractivity contribution in [3.8, 4) is 0 Å². The number of nitrogens with zero attached hydrogens (tertiary/aromatic N) is 1. The van der Waals surface area contributed by atoms with Gasteiger partial charge in [-0.2, -0.15) is 0 Å². The fraction of sp³-hybridized carbons (Fsp3) is 0.350. The molecule has 25 heavy (non-hydrogen) atoms. The van der Waals surface area contributed by atoms with Gasteiger partial charge in [-0.05, 0) is 43.2 Å². The van der Waals surface area contributed by atoms with Crippen LogP contribution in [-0.2, 0) is 22.4 Å². The third-order valence-corrected chi connectivity index (χ3v) is 3.85. The van der Waals surface area contributed by atoms with Crippen molar-refractivity contribution >= 4 is 17.5 Å². The van der Waals surface area contributed by atoms with Crippen molar-refractivity contribution in [3.63, 3.8) is 0 Å². The third-order valence-electron chi connectivity index (χ3n) is 3.85. The highest BCUT2D eigenvalue weighted by Gasteiger charge is 2.11. The topological polar surface area (TPSA) is 71.1 Å². The smallest absolute Gasteiger partial charge is 0.224 e. The normalized spacial score (nSPS) is 11.6. The number of rotatable bonds is 8. The van der Waals surface area contributed by atoms with Crippen LogP contribution in [0.4, 0.5) is 5.69 Å². The molecule has 0 aliphatic carbocycles. The molecule has 1 heterocycles. The van der Waals surface area contributed by atoms with Gasteiger partial charge in [-0.1, -0.05) is 25.1 Å². The van der Waals surface area contributed by atoms with E-state index in [0.29, 0.717) is 6.42 Å². The zero-order chi connectivity index (χ0) is 18.1. The highest BCUT2D eigenvalue weighted by atomic mass is 16.2. The number of amides is 2. The Balaban J connectivity index is 1.72. The molecule has 0 spiro atoms. The van der Waals surface area contributed by atoms with Gasteiger partial charge in [0.05, 0.1) is 0 Å². The van der Waals surface area contributed by atoms with Gasteiger partial charge in [-0.3, -0.25) is 14.6 Å². The van der Waals surface area contributed by atoms with E-state index in [1.165, 1.54) is 5.56 Å². The fourth-order valence-corrected chi connectivity index (χ4v) is 2.55. The summed E-state index contributed by atoms with van der Waals surface area (Å²) in [7, 11) is 0. The SMILES string of the molecule is CCc1cccc(NC(=O)CCC(=O)N[C@H](C)Cc2ccccn2)c1. The van der Waals surface area contributed by atoms with Crippen molar-refractivity contribution < 1.29 is 9.59 Å². The van der Waals surface area contributed by atoms with E-state index in [1.54, 1.807) is 6.20 Å². The van der Waals surface area contributed by atoms with E-state index in [2.05, 4.69) is 22.5 Å². The molecule has 0 saturated carbocycles. The molecule has 2 amide bonds. The first-order chi connectivity index (χ1) is 12.1. The largest absolute Gasteiger partial charge is 0.353 e. The first-order valence-corrected chi connectivity index (χ1v) is 8.65. The van der Waals surface area contributed by atoms with E-state index in [1.807, 2.05) is 49.4 Å². The summed E-state index contributed by atoms with van der Waals surface area (Å²) in [5, 5.41) is 5.74. The second-order valence-corrected chi connectivity index (χ2v) is 6.10. The van der Waals surface area contributed by atoms with Crippen LogP contribution in [0, 0.1) is 0 Å². The summed E-state index contributed by atoms with van der Waals surface area (Å²) in [5.41, 5.74) is 2.87. The molecule has 0 aliphatic rings. The Morgan fingerprint density at radius 1 is 1.08 bits per heavy atom. The van der Waals surface area contributed by atoms with E-state index in [-0.39, 0.29) is 30.7 Å². The lowest BCUT2D eigenvalue weighted by Crippen LogP contribution is -2.34. The van der Waals surface area contributed by atoms with E-state index in [9.17, 15) is 9.59 Å². The number of hydrogen-bond acceptors (Lipinski definition) is 3. The average Bonchev–Trinajstić information content (AvgIpc) is 2.61. The van der Waals surface area contributed by atoms with Gasteiger partial charge in [-0.15, -0.1) is 0 Å². The molecule has 2 rings (SSSR count). The molecule has 0 saturated heterocycles. The predicted octanol–water partition coefficient (Wildman–Crippen LogP) is 3.11. The molecule has 0 radical (unpaired) electrons. The van der Waals surface area contributed by atoms with Crippen LogP contribution in [-0.4, -0.2) is 22.8 Å². The standard InChI is InChI=1S/C20H25N3O2/c1-3-16-7-6-9-18(14-16)23-20(25)11-10-19(24)22-15(2)13-17-8-4-5-12-21-17/h4-9,12,14-15H,3,10-11,13H2,1-2H3,(H,22,24)(H,23,25)/t15-/m1/s1. The number of pyridine rings is 1. The molecule has 1 atom stereocenters. The summed E-state index contributed by atoms with van der Waals surface area (Å²) >= 11 is 0. The van der Waals surface area contributed by atoms with Crippen molar-refractivity contribution in [3.05, 3.63) is 59.9 Å². The molecular formula is C20H25N3O2. The van der Waals surface area contributed by atoms with Crippen LogP contribution in [0.15, 0.2) is 48.7 Å². The van der Waals surface area contributed by atoms with Crippen LogP contribution in [0.5, 0.6) is 0 Å². The summed E-state index contributed by atoms with van der Waals surface area (Å²) in [6.45, 7) is 4.00. The molecule has 0 fully saturated rings. The van der Waals surface area contributed by atoms with Crippen LogP contribution < -0.4 is 10.6 Å². The number of benzene rings is 1. The third kappa shape index (κ3) is 6.75. The van der Waals surface area contributed by atoms with Crippen LogP contribution in [0.25, 0.3) is 0 Å². The summed E-state index contributed by atoms with van der Waals surface area (Å²) in [5.74, 6) is -0.276.